The van der Waals surface area contributed by atoms with Crippen molar-refractivity contribution < 1.29 is 28.5 Å². The maximum atomic E-state index is 12.8. The highest BCUT2D eigenvalue weighted by Gasteiger charge is 2.22. The van der Waals surface area contributed by atoms with Crippen molar-refractivity contribution in [1.82, 2.24) is 4.90 Å². The molecule has 0 saturated carbocycles. The molecule has 0 aliphatic carbocycles. The standard InChI is InChI=1S/C25H26ClNO6/c1-29-18-14-20(30-2)24(21(15-18)31-3)17-6-8-27(9-7-17)23(28)5-4-16-12-19(26)25-22(13-16)32-10-11-33-25/h4-6,12-15H,7-11H2,1-3H3/b5-4+. The van der Waals surface area contributed by atoms with E-state index in [-0.39, 0.29) is 5.91 Å². The van der Waals surface area contributed by atoms with E-state index in [1.165, 1.54) is 0 Å². The van der Waals surface area contributed by atoms with Crippen LogP contribution in [0.4, 0.5) is 0 Å². The molecule has 2 aliphatic heterocycles. The van der Waals surface area contributed by atoms with Crippen LogP contribution in [0.1, 0.15) is 17.5 Å². The van der Waals surface area contributed by atoms with Crippen LogP contribution in [0.3, 0.4) is 0 Å². The molecule has 0 fully saturated rings. The number of ether oxygens (including phenoxy) is 5. The summed E-state index contributed by atoms with van der Waals surface area (Å²) in [6.07, 6.45) is 5.99. The molecule has 0 atom stereocenters. The number of carbonyl (C=O) groups is 1. The van der Waals surface area contributed by atoms with E-state index in [0.717, 1.165) is 16.7 Å². The fraction of sp³-hybridized carbons (Fsp3) is 0.320. The number of amides is 1. The number of methoxy groups -OCH3 is 3. The summed E-state index contributed by atoms with van der Waals surface area (Å²) >= 11 is 6.28. The van der Waals surface area contributed by atoms with Crippen LogP contribution in [0.25, 0.3) is 11.6 Å². The van der Waals surface area contributed by atoms with Crippen LogP contribution in [0.15, 0.2) is 36.4 Å². The molecule has 2 aliphatic rings. The summed E-state index contributed by atoms with van der Waals surface area (Å²) in [5, 5.41) is 0.465. The van der Waals surface area contributed by atoms with Crippen LogP contribution in [-0.2, 0) is 4.79 Å². The molecular weight excluding hydrogens is 446 g/mol. The van der Waals surface area contributed by atoms with Gasteiger partial charge in [-0.05, 0) is 35.8 Å². The van der Waals surface area contributed by atoms with Crippen molar-refractivity contribution in [3.63, 3.8) is 0 Å². The van der Waals surface area contributed by atoms with Crippen molar-refractivity contribution >= 4 is 29.2 Å². The van der Waals surface area contributed by atoms with Crippen LogP contribution in [0, 0.1) is 0 Å². The van der Waals surface area contributed by atoms with Gasteiger partial charge in [0.15, 0.2) is 11.5 Å². The molecule has 4 rings (SSSR count). The summed E-state index contributed by atoms with van der Waals surface area (Å²) in [6.45, 7) is 2.01. The second-order valence-electron chi connectivity index (χ2n) is 7.53. The van der Waals surface area contributed by atoms with E-state index in [4.69, 9.17) is 35.3 Å². The molecule has 0 unspecified atom stereocenters. The maximum absolute atomic E-state index is 12.8. The summed E-state index contributed by atoms with van der Waals surface area (Å²) < 4.78 is 27.6. The number of fused-ring (bicyclic) bond motifs is 1. The predicted molar refractivity (Wildman–Crippen MR) is 127 cm³/mol. The minimum atomic E-state index is -0.0787. The zero-order chi connectivity index (χ0) is 23.4. The van der Waals surface area contributed by atoms with Crippen LogP contribution >= 0.6 is 11.6 Å². The van der Waals surface area contributed by atoms with Crippen molar-refractivity contribution in [2.45, 2.75) is 6.42 Å². The third kappa shape index (κ3) is 4.88. The molecule has 2 aromatic carbocycles. The van der Waals surface area contributed by atoms with E-state index in [0.29, 0.717) is 66.5 Å². The van der Waals surface area contributed by atoms with E-state index >= 15 is 0 Å². The van der Waals surface area contributed by atoms with Gasteiger partial charge >= 0.3 is 0 Å². The van der Waals surface area contributed by atoms with Gasteiger partial charge in [0.1, 0.15) is 30.5 Å². The van der Waals surface area contributed by atoms with Crippen molar-refractivity contribution in [3.05, 3.63) is 52.6 Å². The number of nitrogens with zero attached hydrogens (tertiary/aromatic N) is 1. The van der Waals surface area contributed by atoms with E-state index in [1.54, 1.807) is 44.4 Å². The molecule has 0 aromatic heterocycles. The van der Waals surface area contributed by atoms with Crippen LogP contribution in [-0.4, -0.2) is 58.4 Å². The van der Waals surface area contributed by atoms with Gasteiger partial charge in [-0.3, -0.25) is 4.79 Å². The lowest BCUT2D eigenvalue weighted by molar-refractivity contribution is -0.125. The molecule has 0 radical (unpaired) electrons. The van der Waals surface area contributed by atoms with Gasteiger partial charge in [-0.25, -0.2) is 0 Å². The minimum absolute atomic E-state index is 0.0787. The Labute approximate surface area is 198 Å². The monoisotopic (exact) mass is 471 g/mol. The first kappa shape index (κ1) is 22.9. The molecule has 7 nitrogen and oxygen atoms in total. The second kappa shape index (κ2) is 10.1. The average Bonchev–Trinajstić information content (AvgIpc) is 2.86. The second-order valence-corrected chi connectivity index (χ2v) is 7.94. The number of halogens is 1. The van der Waals surface area contributed by atoms with Gasteiger partial charge in [0.2, 0.25) is 5.91 Å². The third-order valence-corrected chi connectivity index (χ3v) is 5.88. The fourth-order valence-corrected chi connectivity index (χ4v) is 4.19. The van der Waals surface area contributed by atoms with Crippen molar-refractivity contribution in [1.29, 1.82) is 0 Å². The minimum Gasteiger partial charge on any atom is -0.496 e. The van der Waals surface area contributed by atoms with Crippen LogP contribution < -0.4 is 23.7 Å². The highest BCUT2D eigenvalue weighted by molar-refractivity contribution is 6.32. The average molecular weight is 472 g/mol. The molecule has 8 heteroatoms. The number of carbonyl (C=O) groups excluding carboxylic acids is 1. The number of hydrogen-bond acceptors (Lipinski definition) is 6. The first-order chi connectivity index (χ1) is 16.0. The van der Waals surface area contributed by atoms with E-state index in [1.807, 2.05) is 24.3 Å². The van der Waals surface area contributed by atoms with Gasteiger partial charge in [0, 0.05) is 31.3 Å². The lowest BCUT2D eigenvalue weighted by Crippen LogP contribution is -2.33. The van der Waals surface area contributed by atoms with E-state index < -0.39 is 0 Å². The summed E-state index contributed by atoms with van der Waals surface area (Å²) in [4.78, 5) is 14.6. The number of hydrogen-bond donors (Lipinski definition) is 0. The van der Waals surface area contributed by atoms with Crippen molar-refractivity contribution in [2.24, 2.45) is 0 Å². The van der Waals surface area contributed by atoms with E-state index in [9.17, 15) is 4.79 Å². The fourth-order valence-electron chi connectivity index (χ4n) is 3.92. The van der Waals surface area contributed by atoms with Gasteiger partial charge < -0.3 is 28.6 Å². The lowest BCUT2D eigenvalue weighted by atomic mass is 9.97. The Bertz CT molecular complexity index is 1090. The summed E-state index contributed by atoms with van der Waals surface area (Å²) in [6, 6.07) is 7.24. The summed E-state index contributed by atoms with van der Waals surface area (Å²) in [5.74, 6) is 3.06. The topological polar surface area (TPSA) is 66.5 Å². The van der Waals surface area contributed by atoms with Gasteiger partial charge in [-0.15, -0.1) is 0 Å². The van der Waals surface area contributed by atoms with Gasteiger partial charge in [0.25, 0.3) is 0 Å². The van der Waals surface area contributed by atoms with Crippen molar-refractivity contribution in [3.8, 4) is 28.7 Å². The molecule has 1 amide bonds. The molecule has 0 spiro atoms. The summed E-state index contributed by atoms with van der Waals surface area (Å²) in [7, 11) is 4.83. The lowest BCUT2D eigenvalue weighted by Gasteiger charge is -2.27. The third-order valence-electron chi connectivity index (χ3n) is 5.59. The van der Waals surface area contributed by atoms with Gasteiger partial charge in [-0.2, -0.15) is 0 Å². The van der Waals surface area contributed by atoms with Crippen LogP contribution in [0.2, 0.25) is 5.02 Å². The molecule has 0 N–H and O–H groups in total. The predicted octanol–water partition coefficient (Wildman–Crippen LogP) is 4.47. The number of benzene rings is 2. The zero-order valence-electron chi connectivity index (χ0n) is 18.9. The first-order valence-corrected chi connectivity index (χ1v) is 11.0. The molecule has 2 heterocycles. The molecule has 174 valence electrons. The Kier molecular flexibility index (Phi) is 6.99. The maximum Gasteiger partial charge on any atom is 0.246 e. The summed E-state index contributed by atoms with van der Waals surface area (Å²) in [5.41, 5.74) is 2.73. The Balaban J connectivity index is 1.48. The Hall–Kier alpha value is -3.32. The number of rotatable bonds is 6. The first-order valence-electron chi connectivity index (χ1n) is 10.6. The molecular formula is C25H26ClNO6. The van der Waals surface area contributed by atoms with Crippen molar-refractivity contribution in [2.75, 3.05) is 47.6 Å². The smallest absolute Gasteiger partial charge is 0.246 e. The highest BCUT2D eigenvalue weighted by atomic mass is 35.5. The quantitative estimate of drug-likeness (QED) is 0.579. The Morgan fingerprint density at radius 3 is 2.39 bits per heavy atom. The molecule has 33 heavy (non-hydrogen) atoms. The molecule has 0 bridgehead atoms. The van der Waals surface area contributed by atoms with Gasteiger partial charge in [0.05, 0.1) is 31.9 Å². The molecule has 2 aromatic rings. The Morgan fingerprint density at radius 1 is 1.03 bits per heavy atom. The van der Waals surface area contributed by atoms with Crippen LogP contribution in [0.5, 0.6) is 28.7 Å². The van der Waals surface area contributed by atoms with Gasteiger partial charge in [-0.1, -0.05) is 17.7 Å². The normalized spacial score (nSPS) is 15.3. The van der Waals surface area contributed by atoms with E-state index in [2.05, 4.69) is 0 Å². The zero-order valence-corrected chi connectivity index (χ0v) is 19.6. The molecule has 0 saturated heterocycles. The highest BCUT2D eigenvalue weighted by Crippen LogP contribution is 2.41. The Morgan fingerprint density at radius 2 is 1.76 bits per heavy atom. The SMILES string of the molecule is COc1cc(OC)c(C2=CCN(C(=O)/C=C/c3cc(Cl)c4c(c3)OCCO4)CC2)c(OC)c1. The largest absolute Gasteiger partial charge is 0.496 e.